The summed E-state index contributed by atoms with van der Waals surface area (Å²) in [6.07, 6.45) is 0. The Bertz CT molecular complexity index is 627. The second kappa shape index (κ2) is 6.86. The Morgan fingerprint density at radius 3 is 2.95 bits per heavy atom. The molecule has 0 saturated carbocycles. The minimum atomic E-state index is -0.411. The Morgan fingerprint density at radius 1 is 1.48 bits per heavy atom. The minimum absolute atomic E-state index is 0.0756. The predicted molar refractivity (Wildman–Crippen MR) is 74.1 cm³/mol. The number of aryl methyl sites for hydroxylation is 1. The van der Waals surface area contributed by atoms with Gasteiger partial charge in [-0.25, -0.2) is 0 Å². The second-order valence-electron chi connectivity index (χ2n) is 4.40. The number of tetrazole rings is 1. The molecule has 1 N–H and O–H groups in total. The Hall–Kier alpha value is -2.39. The van der Waals surface area contributed by atoms with Crippen LogP contribution in [-0.4, -0.2) is 45.4 Å². The third kappa shape index (κ3) is 3.58. The van der Waals surface area contributed by atoms with E-state index in [0.29, 0.717) is 36.8 Å². The van der Waals surface area contributed by atoms with Crippen LogP contribution in [0.5, 0.6) is 0 Å². The van der Waals surface area contributed by atoms with Crippen LogP contribution in [0.2, 0.25) is 0 Å². The zero-order chi connectivity index (χ0) is 15.2. The van der Waals surface area contributed by atoms with Crippen LogP contribution in [0, 0.1) is 17.0 Å². The van der Waals surface area contributed by atoms with Gasteiger partial charge in [-0.15, -0.1) is 5.10 Å². The molecule has 0 aliphatic carbocycles. The van der Waals surface area contributed by atoms with Crippen LogP contribution in [0.1, 0.15) is 11.4 Å². The molecule has 9 heteroatoms. The highest BCUT2D eigenvalue weighted by atomic mass is 16.6. The molecule has 0 fully saturated rings. The van der Waals surface area contributed by atoms with E-state index in [1.54, 1.807) is 30.8 Å². The number of nitro groups is 1. The Labute approximate surface area is 121 Å². The summed E-state index contributed by atoms with van der Waals surface area (Å²) in [7, 11) is 1.63. The maximum absolute atomic E-state index is 10.8. The molecule has 1 aromatic carbocycles. The van der Waals surface area contributed by atoms with E-state index in [0.717, 1.165) is 0 Å². The Morgan fingerprint density at radius 2 is 2.29 bits per heavy atom. The fourth-order valence-corrected chi connectivity index (χ4v) is 1.87. The molecular formula is C12H16N6O3. The first kappa shape index (κ1) is 15.0. The number of nitrogens with zero attached hydrogens (tertiary/aromatic N) is 5. The first-order chi connectivity index (χ1) is 10.1. The lowest BCUT2D eigenvalue weighted by Crippen LogP contribution is -2.21. The van der Waals surface area contributed by atoms with Crippen LogP contribution in [0.3, 0.4) is 0 Å². The standard InChI is InChI=1S/C12H16N6O3/c1-9-7-10(3-4-11(9)18(19)20)17-12(14-15-16-17)8-13-5-6-21-2/h3-4,7,13H,5-6,8H2,1-2H3. The van der Waals surface area contributed by atoms with Gasteiger partial charge in [0.2, 0.25) is 0 Å². The fourth-order valence-electron chi connectivity index (χ4n) is 1.87. The normalized spacial score (nSPS) is 10.8. The number of hydrogen-bond acceptors (Lipinski definition) is 7. The number of nitro benzene ring substituents is 1. The third-order valence-corrected chi connectivity index (χ3v) is 2.92. The van der Waals surface area contributed by atoms with Crippen LogP contribution >= 0.6 is 0 Å². The molecular weight excluding hydrogens is 276 g/mol. The average molecular weight is 292 g/mol. The van der Waals surface area contributed by atoms with E-state index >= 15 is 0 Å². The summed E-state index contributed by atoms with van der Waals surface area (Å²) in [5, 5.41) is 25.5. The van der Waals surface area contributed by atoms with Crippen molar-refractivity contribution in [2.24, 2.45) is 0 Å². The minimum Gasteiger partial charge on any atom is -0.383 e. The van der Waals surface area contributed by atoms with Gasteiger partial charge in [0.05, 0.1) is 23.8 Å². The van der Waals surface area contributed by atoms with Gasteiger partial charge in [0.25, 0.3) is 5.69 Å². The average Bonchev–Trinajstić information content (AvgIpc) is 2.91. The van der Waals surface area contributed by atoms with Crippen molar-refractivity contribution in [3.8, 4) is 5.69 Å². The maximum Gasteiger partial charge on any atom is 0.272 e. The first-order valence-electron chi connectivity index (χ1n) is 6.36. The van der Waals surface area contributed by atoms with E-state index in [4.69, 9.17) is 4.74 Å². The van der Waals surface area contributed by atoms with Gasteiger partial charge in [-0.05, 0) is 29.5 Å². The van der Waals surface area contributed by atoms with Crippen LogP contribution in [0.15, 0.2) is 18.2 Å². The van der Waals surface area contributed by atoms with Crippen LogP contribution in [-0.2, 0) is 11.3 Å². The van der Waals surface area contributed by atoms with Crippen LogP contribution in [0.4, 0.5) is 5.69 Å². The third-order valence-electron chi connectivity index (χ3n) is 2.92. The highest BCUT2D eigenvalue weighted by Crippen LogP contribution is 2.20. The van der Waals surface area contributed by atoms with Crippen molar-refractivity contribution in [2.75, 3.05) is 20.3 Å². The molecule has 0 unspecified atom stereocenters. The largest absolute Gasteiger partial charge is 0.383 e. The van der Waals surface area contributed by atoms with Crippen molar-refractivity contribution in [3.05, 3.63) is 39.7 Å². The molecule has 21 heavy (non-hydrogen) atoms. The van der Waals surface area contributed by atoms with E-state index in [9.17, 15) is 10.1 Å². The van der Waals surface area contributed by atoms with Gasteiger partial charge in [-0.1, -0.05) is 0 Å². The molecule has 0 amide bonds. The van der Waals surface area contributed by atoms with Crippen molar-refractivity contribution in [3.63, 3.8) is 0 Å². The molecule has 2 aromatic rings. The zero-order valence-electron chi connectivity index (χ0n) is 11.8. The quantitative estimate of drug-likeness (QED) is 0.452. The summed E-state index contributed by atoms with van der Waals surface area (Å²) in [5.74, 6) is 0.624. The van der Waals surface area contributed by atoms with E-state index in [1.807, 2.05) is 0 Å². The summed E-state index contributed by atoms with van der Waals surface area (Å²) in [5.41, 5.74) is 1.32. The van der Waals surface area contributed by atoms with Crippen molar-refractivity contribution < 1.29 is 9.66 Å². The molecule has 1 heterocycles. The molecule has 0 saturated heterocycles. The van der Waals surface area contributed by atoms with Crippen molar-refractivity contribution in [1.29, 1.82) is 0 Å². The number of aromatic nitrogens is 4. The summed E-state index contributed by atoms with van der Waals surface area (Å²) < 4.78 is 6.49. The molecule has 9 nitrogen and oxygen atoms in total. The predicted octanol–water partition coefficient (Wildman–Crippen LogP) is 0.615. The lowest BCUT2D eigenvalue weighted by molar-refractivity contribution is -0.385. The maximum atomic E-state index is 10.8. The molecule has 0 bridgehead atoms. The summed E-state index contributed by atoms with van der Waals surface area (Å²) in [6, 6.07) is 4.77. The lowest BCUT2D eigenvalue weighted by atomic mass is 10.2. The van der Waals surface area contributed by atoms with Crippen LogP contribution in [0.25, 0.3) is 5.69 Å². The smallest absolute Gasteiger partial charge is 0.272 e. The Balaban J connectivity index is 2.17. The highest BCUT2D eigenvalue weighted by Gasteiger charge is 2.13. The number of ether oxygens (including phenoxy) is 1. The molecule has 112 valence electrons. The van der Waals surface area contributed by atoms with Gasteiger partial charge in [0.15, 0.2) is 5.82 Å². The van der Waals surface area contributed by atoms with Gasteiger partial charge in [0.1, 0.15) is 0 Å². The van der Waals surface area contributed by atoms with Crippen LogP contribution < -0.4 is 5.32 Å². The molecule has 0 aliphatic rings. The molecule has 1 aromatic heterocycles. The van der Waals surface area contributed by atoms with E-state index in [2.05, 4.69) is 20.8 Å². The van der Waals surface area contributed by atoms with Gasteiger partial charge < -0.3 is 10.1 Å². The number of benzene rings is 1. The number of rotatable bonds is 7. The fraction of sp³-hybridized carbons (Fsp3) is 0.417. The van der Waals surface area contributed by atoms with Crippen molar-refractivity contribution >= 4 is 5.69 Å². The van der Waals surface area contributed by atoms with E-state index < -0.39 is 4.92 Å². The van der Waals surface area contributed by atoms with E-state index in [-0.39, 0.29) is 5.69 Å². The molecule has 0 aliphatic heterocycles. The van der Waals surface area contributed by atoms with Gasteiger partial charge in [-0.3, -0.25) is 10.1 Å². The summed E-state index contributed by atoms with van der Waals surface area (Å²) in [4.78, 5) is 10.4. The second-order valence-corrected chi connectivity index (χ2v) is 4.40. The summed E-state index contributed by atoms with van der Waals surface area (Å²) >= 11 is 0. The summed E-state index contributed by atoms with van der Waals surface area (Å²) in [6.45, 7) is 3.44. The molecule has 0 atom stereocenters. The molecule has 2 rings (SSSR count). The highest BCUT2D eigenvalue weighted by molar-refractivity contribution is 5.47. The van der Waals surface area contributed by atoms with Gasteiger partial charge in [0, 0.05) is 25.3 Å². The van der Waals surface area contributed by atoms with Gasteiger partial charge >= 0.3 is 0 Å². The number of methoxy groups -OCH3 is 1. The monoisotopic (exact) mass is 292 g/mol. The zero-order valence-corrected chi connectivity index (χ0v) is 11.8. The lowest BCUT2D eigenvalue weighted by Gasteiger charge is -2.07. The first-order valence-corrected chi connectivity index (χ1v) is 6.36. The van der Waals surface area contributed by atoms with Crippen molar-refractivity contribution in [1.82, 2.24) is 25.5 Å². The van der Waals surface area contributed by atoms with Gasteiger partial charge in [-0.2, -0.15) is 4.68 Å². The van der Waals surface area contributed by atoms with Crippen molar-refractivity contribution in [2.45, 2.75) is 13.5 Å². The number of nitrogens with one attached hydrogen (secondary N) is 1. The number of hydrogen-bond donors (Lipinski definition) is 1. The Kier molecular flexibility index (Phi) is 4.90. The topological polar surface area (TPSA) is 108 Å². The molecule has 0 spiro atoms. The molecule has 0 radical (unpaired) electrons. The SMILES string of the molecule is COCCNCc1nnnn1-c1ccc([N+](=O)[O-])c(C)c1. The van der Waals surface area contributed by atoms with E-state index in [1.165, 1.54) is 6.07 Å².